The summed E-state index contributed by atoms with van der Waals surface area (Å²) in [6, 6.07) is 10.5. The van der Waals surface area contributed by atoms with Crippen LogP contribution in [0.1, 0.15) is 28.6 Å². The fourth-order valence-corrected chi connectivity index (χ4v) is 3.66. The normalized spacial score (nSPS) is 12.1. The molecule has 0 aliphatic rings. The molecule has 2 aromatic carbocycles. The van der Waals surface area contributed by atoms with Gasteiger partial charge in [0.1, 0.15) is 11.6 Å². The Bertz CT molecular complexity index is 1270. The zero-order valence-corrected chi connectivity index (χ0v) is 18.2. The third-order valence-electron chi connectivity index (χ3n) is 4.34. The van der Waals surface area contributed by atoms with E-state index in [1.165, 1.54) is 56.3 Å². The van der Waals surface area contributed by atoms with Crippen LogP contribution in [0.3, 0.4) is 0 Å². The van der Waals surface area contributed by atoms with Crippen LogP contribution in [0.2, 0.25) is 0 Å². The Labute approximate surface area is 183 Å². The lowest BCUT2D eigenvalue weighted by Gasteiger charge is -2.13. The maximum atomic E-state index is 13.7. The molecule has 1 unspecified atom stereocenters. The summed E-state index contributed by atoms with van der Waals surface area (Å²) in [5.41, 5.74) is 0.387. The van der Waals surface area contributed by atoms with Crippen molar-refractivity contribution in [3.63, 3.8) is 0 Å². The number of ether oxygens (including phenoxy) is 1. The third kappa shape index (κ3) is 5.49. The average Bonchev–Trinajstić information content (AvgIpc) is 3.14. The van der Waals surface area contributed by atoms with Crippen LogP contribution in [-0.4, -0.2) is 31.6 Å². The largest absolute Gasteiger partial charge is 0.449 e. The van der Waals surface area contributed by atoms with Gasteiger partial charge < -0.3 is 14.6 Å². The number of sulfonamides is 1. The molecule has 0 spiro atoms. The number of rotatable bonds is 7. The minimum atomic E-state index is -4.09. The number of carbonyl (C=O) groups is 2. The molecule has 2 N–H and O–H groups in total. The number of aromatic nitrogens is 1. The highest BCUT2D eigenvalue weighted by molar-refractivity contribution is 7.92. The molecule has 11 heteroatoms. The first-order chi connectivity index (χ1) is 15.0. The first kappa shape index (κ1) is 22.9. The predicted molar refractivity (Wildman–Crippen MR) is 113 cm³/mol. The van der Waals surface area contributed by atoms with E-state index in [1.807, 2.05) is 0 Å². The lowest BCUT2D eigenvalue weighted by molar-refractivity contribution is -0.123. The first-order valence-electron chi connectivity index (χ1n) is 9.39. The second kappa shape index (κ2) is 9.18. The van der Waals surface area contributed by atoms with E-state index in [0.717, 1.165) is 6.07 Å². The highest BCUT2D eigenvalue weighted by Crippen LogP contribution is 2.20. The fraction of sp³-hybridized carbons (Fsp3) is 0.190. The maximum absolute atomic E-state index is 13.7. The molecule has 0 bridgehead atoms. The number of amides is 1. The van der Waals surface area contributed by atoms with E-state index < -0.39 is 33.8 Å². The molecule has 168 valence electrons. The van der Waals surface area contributed by atoms with Crippen molar-refractivity contribution < 1.29 is 31.7 Å². The molecule has 3 rings (SSSR count). The number of anilines is 2. The Morgan fingerprint density at radius 2 is 1.88 bits per heavy atom. The van der Waals surface area contributed by atoms with Crippen molar-refractivity contribution in [3.05, 3.63) is 71.2 Å². The molecule has 3 aromatic rings. The highest BCUT2D eigenvalue weighted by atomic mass is 32.2. The van der Waals surface area contributed by atoms with Gasteiger partial charge in [-0.2, -0.15) is 0 Å². The van der Waals surface area contributed by atoms with E-state index in [2.05, 4.69) is 15.2 Å². The molecule has 0 aliphatic heterocycles. The fourth-order valence-electron chi connectivity index (χ4n) is 2.60. The quantitative estimate of drug-likeness (QED) is 0.516. The Kier molecular flexibility index (Phi) is 6.58. The Balaban J connectivity index is 1.68. The van der Waals surface area contributed by atoms with Gasteiger partial charge in [-0.1, -0.05) is 17.3 Å². The van der Waals surface area contributed by atoms with Gasteiger partial charge in [0.25, 0.3) is 15.9 Å². The van der Waals surface area contributed by atoms with Crippen molar-refractivity contribution in [3.8, 4) is 0 Å². The number of nitrogens with one attached hydrogen (secondary N) is 2. The van der Waals surface area contributed by atoms with Gasteiger partial charge in [-0.05, 0) is 56.7 Å². The molecule has 0 saturated heterocycles. The standard InChI is InChI=1S/C21H20FN3O6S/c1-12-7-8-17(11-18(12)22)32(28,29)25-16-6-4-5-15(10-16)21(27)30-14(3)20(26)23-19-9-13(2)31-24-19/h4-11,14,25H,1-3H3,(H,23,24,26). The zero-order chi connectivity index (χ0) is 23.5. The average molecular weight is 461 g/mol. The van der Waals surface area contributed by atoms with Crippen LogP contribution in [0, 0.1) is 19.7 Å². The summed E-state index contributed by atoms with van der Waals surface area (Å²) in [6.45, 7) is 4.55. The van der Waals surface area contributed by atoms with Gasteiger partial charge in [0.05, 0.1) is 10.5 Å². The van der Waals surface area contributed by atoms with E-state index in [1.54, 1.807) is 6.92 Å². The molecular weight excluding hydrogens is 441 g/mol. The van der Waals surface area contributed by atoms with E-state index in [4.69, 9.17) is 9.26 Å². The lowest BCUT2D eigenvalue weighted by atomic mass is 10.2. The van der Waals surface area contributed by atoms with E-state index >= 15 is 0 Å². The van der Waals surface area contributed by atoms with Gasteiger partial charge in [-0.15, -0.1) is 0 Å². The lowest BCUT2D eigenvalue weighted by Crippen LogP contribution is -2.30. The van der Waals surface area contributed by atoms with E-state index in [0.29, 0.717) is 11.3 Å². The number of nitrogens with zero attached hydrogens (tertiary/aromatic N) is 1. The van der Waals surface area contributed by atoms with Gasteiger partial charge in [-0.25, -0.2) is 17.6 Å². The van der Waals surface area contributed by atoms with Gasteiger partial charge >= 0.3 is 5.97 Å². The minimum Gasteiger partial charge on any atom is -0.449 e. The summed E-state index contributed by atoms with van der Waals surface area (Å²) in [5.74, 6) is -1.44. The van der Waals surface area contributed by atoms with Crippen LogP contribution in [0.25, 0.3) is 0 Å². The van der Waals surface area contributed by atoms with Gasteiger partial charge in [0.2, 0.25) is 0 Å². The molecule has 0 radical (unpaired) electrons. The molecule has 0 fully saturated rings. The summed E-state index contributed by atoms with van der Waals surface area (Å²) in [7, 11) is -4.09. The van der Waals surface area contributed by atoms with E-state index in [9.17, 15) is 22.4 Å². The molecule has 1 amide bonds. The summed E-state index contributed by atoms with van der Waals surface area (Å²) in [4.78, 5) is 24.3. The number of halogens is 1. The molecule has 0 saturated carbocycles. The topological polar surface area (TPSA) is 128 Å². The Hall–Kier alpha value is -3.73. The summed E-state index contributed by atoms with van der Waals surface area (Å²) >= 11 is 0. The van der Waals surface area contributed by atoms with Gasteiger partial charge in [0.15, 0.2) is 11.9 Å². The molecule has 0 aliphatic carbocycles. The smallest absolute Gasteiger partial charge is 0.338 e. The number of benzene rings is 2. The van der Waals surface area contributed by atoms with Crippen molar-refractivity contribution in [2.24, 2.45) is 0 Å². The minimum absolute atomic E-state index is 0.0113. The number of aryl methyl sites for hydroxylation is 2. The van der Waals surface area contributed by atoms with Crippen molar-refractivity contribution in [2.45, 2.75) is 31.8 Å². The van der Waals surface area contributed by atoms with Crippen LogP contribution >= 0.6 is 0 Å². The van der Waals surface area contributed by atoms with Crippen LogP contribution in [0.4, 0.5) is 15.9 Å². The Morgan fingerprint density at radius 3 is 2.53 bits per heavy atom. The van der Waals surface area contributed by atoms with Gasteiger partial charge in [-0.3, -0.25) is 9.52 Å². The van der Waals surface area contributed by atoms with Gasteiger partial charge in [0, 0.05) is 11.8 Å². The molecule has 32 heavy (non-hydrogen) atoms. The second-order valence-corrected chi connectivity index (χ2v) is 8.64. The first-order valence-corrected chi connectivity index (χ1v) is 10.9. The maximum Gasteiger partial charge on any atom is 0.338 e. The summed E-state index contributed by atoms with van der Waals surface area (Å²) in [6.07, 6.45) is -1.16. The Morgan fingerprint density at radius 1 is 1.12 bits per heavy atom. The molecule has 9 nitrogen and oxygen atoms in total. The monoisotopic (exact) mass is 461 g/mol. The molecule has 1 aromatic heterocycles. The van der Waals surface area contributed by atoms with Crippen molar-refractivity contribution in [2.75, 3.05) is 10.0 Å². The second-order valence-electron chi connectivity index (χ2n) is 6.96. The molecule has 1 heterocycles. The van der Waals surface area contributed by atoms with Crippen LogP contribution in [-0.2, 0) is 19.6 Å². The van der Waals surface area contributed by atoms with Crippen molar-refractivity contribution >= 4 is 33.4 Å². The zero-order valence-electron chi connectivity index (χ0n) is 17.4. The van der Waals surface area contributed by atoms with Crippen LogP contribution in [0.5, 0.6) is 0 Å². The molecular formula is C21H20FN3O6S. The number of esters is 1. The summed E-state index contributed by atoms with van der Waals surface area (Å²) in [5, 5.41) is 6.07. The van der Waals surface area contributed by atoms with E-state index in [-0.39, 0.29) is 22.0 Å². The highest BCUT2D eigenvalue weighted by Gasteiger charge is 2.21. The van der Waals surface area contributed by atoms with Crippen LogP contribution in [0.15, 0.2) is 57.9 Å². The third-order valence-corrected chi connectivity index (χ3v) is 5.72. The number of hydrogen-bond donors (Lipinski definition) is 2. The summed E-state index contributed by atoms with van der Waals surface area (Å²) < 4.78 is 51.1. The van der Waals surface area contributed by atoms with Crippen LogP contribution < -0.4 is 10.0 Å². The number of carbonyl (C=O) groups excluding carboxylic acids is 2. The predicted octanol–water partition coefficient (Wildman–Crippen LogP) is 3.42. The number of hydrogen-bond acceptors (Lipinski definition) is 7. The van der Waals surface area contributed by atoms with Crippen molar-refractivity contribution in [1.82, 2.24) is 5.16 Å². The molecule has 1 atom stereocenters. The van der Waals surface area contributed by atoms with Crippen molar-refractivity contribution in [1.29, 1.82) is 0 Å². The SMILES string of the molecule is Cc1cc(NC(=O)C(C)OC(=O)c2cccc(NS(=O)(=O)c3ccc(C)c(F)c3)c2)no1.